The Morgan fingerprint density at radius 2 is 1.00 bits per heavy atom. The van der Waals surface area contributed by atoms with Gasteiger partial charge < -0.3 is 9.47 Å². The lowest BCUT2D eigenvalue weighted by molar-refractivity contribution is -0.125. The fourth-order valence-electron chi connectivity index (χ4n) is 7.12. The Kier molecular flexibility index (Phi) is 14.0. The molecule has 0 saturated heterocycles. The number of rotatable bonds is 14. The number of aromatic nitrogens is 4. The molecule has 0 unspecified atom stereocenters. The van der Waals surface area contributed by atoms with Gasteiger partial charge in [-0.15, -0.1) is 0 Å². The van der Waals surface area contributed by atoms with Gasteiger partial charge in [0.15, 0.2) is 0 Å². The van der Waals surface area contributed by atoms with Crippen LogP contribution in [0.5, 0.6) is 0 Å². The molecule has 0 saturated carbocycles. The van der Waals surface area contributed by atoms with Crippen LogP contribution in [0.1, 0.15) is 61.8 Å². The van der Waals surface area contributed by atoms with Crippen LogP contribution >= 0.6 is 31.9 Å². The van der Waals surface area contributed by atoms with Gasteiger partial charge in [0.05, 0.1) is 10.8 Å². The maximum atomic E-state index is 13.5. The van der Waals surface area contributed by atoms with Crippen LogP contribution in [0.3, 0.4) is 0 Å². The third kappa shape index (κ3) is 9.58. The summed E-state index contributed by atoms with van der Waals surface area (Å²) in [5, 5.41) is 0. The quantitative estimate of drug-likeness (QED) is 0.0699. The highest BCUT2D eigenvalue weighted by Crippen LogP contribution is 2.50. The van der Waals surface area contributed by atoms with Crippen LogP contribution in [0.25, 0.3) is 0 Å². The number of hydrogen-bond donors (Lipinski definition) is 0. The number of amides is 2. The molecule has 4 aromatic rings. The average molecular weight is 925 g/mol. The summed E-state index contributed by atoms with van der Waals surface area (Å²) in [7, 11) is -2.35. The molecule has 0 aromatic carbocycles. The van der Waals surface area contributed by atoms with Crippen LogP contribution in [0.2, 0.25) is 51.4 Å². The molecule has 2 aliphatic rings. The van der Waals surface area contributed by atoms with Gasteiger partial charge in [0.2, 0.25) is 11.8 Å². The highest BCUT2D eigenvalue weighted by Gasteiger charge is 2.53. The predicted molar refractivity (Wildman–Crippen MR) is 237 cm³/mol. The molecule has 4 aromatic heterocycles. The van der Waals surface area contributed by atoms with Gasteiger partial charge in [0.25, 0.3) is 0 Å². The molecule has 0 fully saturated rings. The van der Waals surface area contributed by atoms with Gasteiger partial charge in [-0.2, -0.15) is 0 Å². The molecule has 6 rings (SSSR count). The van der Waals surface area contributed by atoms with Crippen molar-refractivity contribution in [3.8, 4) is 0 Å². The zero-order chi connectivity index (χ0) is 41.1. The van der Waals surface area contributed by atoms with Gasteiger partial charge in [-0.1, -0.05) is 77.4 Å². The molecule has 0 N–H and O–H groups in total. The molecule has 0 spiro atoms. The minimum absolute atomic E-state index is 0.0321. The molecule has 2 aliphatic heterocycles. The van der Waals surface area contributed by atoms with Crippen molar-refractivity contribution < 1.29 is 19.1 Å². The van der Waals surface area contributed by atoms with E-state index in [0.29, 0.717) is 24.8 Å². The SMILES string of the molecule is C[C@H](c1ccc(Br)nc1)[C@@]1(C)C(=O)N(COCC[Si](C)(C)C)c2ncccc21.C[C@H](c1ccc(Br)nc1)[C@]1(C)C(=O)N(COCC[Si](C)(C)C)c2ncccc21. The zero-order valence-corrected chi connectivity index (χ0v) is 39.6. The standard InChI is InChI=1S/2C21H28BrN3O2Si/c2*1-15(16-8-9-18(22)24-13-16)21(2)17-7-6-10-23-19(17)25(20(21)26)14-27-11-12-28(3,4)5/h2*6-10,13,15H,11-12,14H2,1-5H3/t15-,21+;15-,21-/m11/s1. The van der Waals surface area contributed by atoms with Crippen molar-refractivity contribution in [1.82, 2.24) is 19.9 Å². The average Bonchev–Trinajstić information content (AvgIpc) is 3.51. The number of halogens is 2. The summed E-state index contributed by atoms with van der Waals surface area (Å²) >= 11 is 6.76. The Hall–Kier alpha value is -3.15. The van der Waals surface area contributed by atoms with Crippen molar-refractivity contribution in [2.45, 2.75) is 102 Å². The second-order valence-corrected chi connectivity index (χ2v) is 30.5. The molecule has 10 nitrogen and oxygen atoms in total. The molecular weight excluding hydrogens is 868 g/mol. The third-order valence-electron chi connectivity index (χ3n) is 11.2. The van der Waals surface area contributed by atoms with Gasteiger partial charge in [0, 0.05) is 77.1 Å². The molecule has 56 heavy (non-hydrogen) atoms. The normalized spacial score (nSPS) is 20.4. The number of anilines is 2. The van der Waals surface area contributed by atoms with E-state index in [2.05, 4.69) is 105 Å². The molecule has 14 heteroatoms. The first-order valence-electron chi connectivity index (χ1n) is 19.2. The van der Waals surface area contributed by atoms with Gasteiger partial charge >= 0.3 is 0 Å². The first-order chi connectivity index (χ1) is 26.3. The second-order valence-electron chi connectivity index (χ2n) is 17.6. The summed E-state index contributed by atoms with van der Waals surface area (Å²) in [6, 6.07) is 17.8. The van der Waals surface area contributed by atoms with E-state index in [1.165, 1.54) is 0 Å². The van der Waals surface area contributed by atoms with Gasteiger partial charge in [-0.3, -0.25) is 19.4 Å². The van der Waals surface area contributed by atoms with Gasteiger partial charge in [0.1, 0.15) is 34.3 Å². The highest BCUT2D eigenvalue weighted by atomic mass is 79.9. The third-order valence-corrected chi connectivity index (χ3v) is 15.6. The van der Waals surface area contributed by atoms with E-state index in [-0.39, 0.29) is 37.1 Å². The second kappa shape index (κ2) is 17.8. The van der Waals surface area contributed by atoms with E-state index in [1.807, 2.05) is 74.8 Å². The largest absolute Gasteiger partial charge is 0.361 e. The van der Waals surface area contributed by atoms with Crippen LogP contribution in [0.15, 0.2) is 82.5 Å². The lowest BCUT2D eigenvalue weighted by Gasteiger charge is -2.31. The summed E-state index contributed by atoms with van der Waals surface area (Å²) < 4.78 is 13.4. The number of nitrogens with zero attached hydrogens (tertiary/aromatic N) is 6. The Labute approximate surface area is 351 Å². The molecule has 6 heterocycles. The Morgan fingerprint density at radius 1 is 0.625 bits per heavy atom. The minimum Gasteiger partial charge on any atom is -0.361 e. The molecule has 0 aliphatic carbocycles. The summed E-state index contributed by atoms with van der Waals surface area (Å²) in [6.07, 6.45) is 7.13. The first kappa shape index (κ1) is 44.0. The van der Waals surface area contributed by atoms with Crippen molar-refractivity contribution >= 4 is 71.5 Å². The number of ether oxygens (including phenoxy) is 2. The topological polar surface area (TPSA) is 111 Å². The van der Waals surface area contributed by atoms with E-state index in [9.17, 15) is 9.59 Å². The first-order valence-corrected chi connectivity index (χ1v) is 28.2. The summed E-state index contributed by atoms with van der Waals surface area (Å²) in [6.45, 7) is 23.9. The van der Waals surface area contributed by atoms with E-state index < -0.39 is 27.0 Å². The molecule has 2 amide bonds. The van der Waals surface area contributed by atoms with Crippen LogP contribution in [-0.2, 0) is 29.9 Å². The Morgan fingerprint density at radius 3 is 1.32 bits per heavy atom. The smallest absolute Gasteiger partial charge is 0.241 e. The van der Waals surface area contributed by atoms with E-state index in [0.717, 1.165) is 43.5 Å². The van der Waals surface area contributed by atoms with Crippen molar-refractivity contribution in [2.75, 3.05) is 36.5 Å². The highest BCUT2D eigenvalue weighted by molar-refractivity contribution is 9.10. The van der Waals surface area contributed by atoms with Crippen molar-refractivity contribution in [3.63, 3.8) is 0 Å². The predicted octanol–water partition coefficient (Wildman–Crippen LogP) is 9.92. The number of hydrogen-bond acceptors (Lipinski definition) is 8. The zero-order valence-electron chi connectivity index (χ0n) is 34.4. The number of carbonyl (C=O) groups is 2. The number of carbonyl (C=O) groups excluding carboxylic acids is 2. The van der Waals surface area contributed by atoms with E-state index >= 15 is 0 Å². The monoisotopic (exact) mass is 922 g/mol. The molecule has 0 bridgehead atoms. The molecule has 4 atom stereocenters. The van der Waals surface area contributed by atoms with Crippen molar-refractivity contribution in [1.29, 1.82) is 0 Å². The summed E-state index contributed by atoms with van der Waals surface area (Å²) in [5.74, 6) is 1.39. The maximum Gasteiger partial charge on any atom is 0.241 e. The van der Waals surface area contributed by atoms with Crippen molar-refractivity contribution in [3.05, 3.63) is 105 Å². The van der Waals surface area contributed by atoms with Crippen LogP contribution in [-0.4, -0.2) is 74.6 Å². The number of pyridine rings is 4. The van der Waals surface area contributed by atoms with Crippen LogP contribution in [0, 0.1) is 0 Å². The number of fused-ring (bicyclic) bond motifs is 2. The van der Waals surface area contributed by atoms with E-state index in [1.54, 1.807) is 22.2 Å². The molecule has 0 radical (unpaired) electrons. The fourth-order valence-corrected chi connectivity index (χ4v) is 9.10. The lowest BCUT2D eigenvalue weighted by Crippen LogP contribution is -2.42. The van der Waals surface area contributed by atoms with E-state index in [4.69, 9.17) is 9.47 Å². The lowest BCUT2D eigenvalue weighted by atomic mass is 9.71. The Balaban J connectivity index is 0.000000214. The van der Waals surface area contributed by atoms with Crippen molar-refractivity contribution in [2.24, 2.45) is 0 Å². The summed E-state index contributed by atoms with van der Waals surface area (Å²) in [4.78, 5) is 48.2. The van der Waals surface area contributed by atoms with Gasteiger partial charge in [-0.25, -0.2) is 19.9 Å². The fraction of sp³-hybridized carbons (Fsp3) is 0.476. The van der Waals surface area contributed by atoms with Crippen LogP contribution in [0.4, 0.5) is 11.6 Å². The van der Waals surface area contributed by atoms with Gasteiger partial charge in [-0.05, 0) is 93.2 Å². The minimum atomic E-state index is -1.17. The molecule has 300 valence electrons. The summed E-state index contributed by atoms with van der Waals surface area (Å²) in [5.41, 5.74) is 2.53. The molecular formula is C42H56Br2N6O4Si2. The maximum absolute atomic E-state index is 13.5. The van der Waals surface area contributed by atoms with Crippen LogP contribution < -0.4 is 9.80 Å². The Bertz CT molecular complexity index is 1850.